The Bertz CT molecular complexity index is 514. The second-order valence-corrected chi connectivity index (χ2v) is 7.17. The van der Waals surface area contributed by atoms with Crippen molar-refractivity contribution in [1.29, 1.82) is 0 Å². The van der Waals surface area contributed by atoms with E-state index < -0.39 is 0 Å². The van der Waals surface area contributed by atoms with Crippen molar-refractivity contribution >= 4 is 12.0 Å². The van der Waals surface area contributed by atoms with Gasteiger partial charge in [-0.1, -0.05) is 83.6 Å². The van der Waals surface area contributed by atoms with Gasteiger partial charge in [-0.15, -0.1) is 0 Å². The predicted octanol–water partition coefficient (Wildman–Crippen LogP) is 7.03. The van der Waals surface area contributed by atoms with Crippen molar-refractivity contribution in [3.63, 3.8) is 0 Å². The summed E-state index contributed by atoms with van der Waals surface area (Å²) in [5.74, 6) is -0.0421. The van der Waals surface area contributed by atoms with E-state index in [9.17, 15) is 4.79 Å². The maximum Gasteiger partial charge on any atom is 0.277 e. The van der Waals surface area contributed by atoms with Crippen LogP contribution in [0.3, 0.4) is 0 Å². The van der Waals surface area contributed by atoms with Gasteiger partial charge in [-0.2, -0.15) is 0 Å². The number of allylic oxidation sites excluding steroid dienone is 1. The first-order valence-electron chi connectivity index (χ1n) is 10.9. The maximum atomic E-state index is 12.7. The Labute approximate surface area is 166 Å². The van der Waals surface area contributed by atoms with E-state index in [-0.39, 0.29) is 5.91 Å². The number of hydrogen-bond acceptors (Lipinski definition) is 2. The molecule has 1 rings (SSSR count). The first kappa shape index (κ1) is 23.4. The summed E-state index contributed by atoms with van der Waals surface area (Å²) in [6, 6.07) is 7.84. The van der Waals surface area contributed by atoms with Gasteiger partial charge in [0.25, 0.3) is 5.91 Å². The van der Waals surface area contributed by atoms with Crippen LogP contribution in [-0.2, 0) is 4.84 Å². The Morgan fingerprint density at radius 3 is 2.22 bits per heavy atom. The van der Waals surface area contributed by atoms with E-state index in [4.69, 9.17) is 4.84 Å². The first-order chi connectivity index (χ1) is 13.2. The SMILES string of the molecule is CCCCCCCC/C=C/c1ccc(C(=O)N(CCCC)OCCC)cc1. The van der Waals surface area contributed by atoms with Crippen molar-refractivity contribution in [3.8, 4) is 0 Å². The zero-order chi connectivity index (χ0) is 19.7. The molecule has 0 aromatic heterocycles. The van der Waals surface area contributed by atoms with Gasteiger partial charge in [0.15, 0.2) is 0 Å². The minimum absolute atomic E-state index is 0.0421. The highest BCUT2D eigenvalue weighted by Gasteiger charge is 2.15. The second-order valence-electron chi connectivity index (χ2n) is 7.17. The summed E-state index contributed by atoms with van der Waals surface area (Å²) < 4.78 is 0. The van der Waals surface area contributed by atoms with Crippen molar-refractivity contribution in [3.05, 3.63) is 41.5 Å². The van der Waals surface area contributed by atoms with Crippen LogP contribution in [-0.4, -0.2) is 24.1 Å². The smallest absolute Gasteiger partial charge is 0.271 e. The molecule has 0 atom stereocenters. The van der Waals surface area contributed by atoms with Crippen LogP contribution in [0.25, 0.3) is 6.08 Å². The molecule has 1 aromatic carbocycles. The first-order valence-corrected chi connectivity index (χ1v) is 10.9. The number of carbonyl (C=O) groups is 1. The molecule has 3 nitrogen and oxygen atoms in total. The van der Waals surface area contributed by atoms with E-state index in [0.717, 1.165) is 31.2 Å². The molecule has 0 bridgehead atoms. The summed E-state index contributed by atoms with van der Waals surface area (Å²) in [6.07, 6.45) is 16.4. The fourth-order valence-corrected chi connectivity index (χ4v) is 2.87. The molecule has 27 heavy (non-hydrogen) atoms. The lowest BCUT2D eigenvalue weighted by atomic mass is 10.1. The highest BCUT2D eigenvalue weighted by Crippen LogP contribution is 2.12. The van der Waals surface area contributed by atoms with Crippen LogP contribution >= 0.6 is 0 Å². The second kappa shape index (κ2) is 15.4. The lowest BCUT2D eigenvalue weighted by Crippen LogP contribution is -2.32. The molecule has 3 heteroatoms. The number of hydroxylamine groups is 2. The van der Waals surface area contributed by atoms with Crippen molar-refractivity contribution < 1.29 is 9.63 Å². The van der Waals surface area contributed by atoms with Crippen LogP contribution < -0.4 is 0 Å². The van der Waals surface area contributed by atoms with Crippen molar-refractivity contribution in [2.75, 3.05) is 13.2 Å². The average Bonchev–Trinajstić information content (AvgIpc) is 2.70. The average molecular weight is 374 g/mol. The number of nitrogens with zero attached hydrogens (tertiary/aromatic N) is 1. The van der Waals surface area contributed by atoms with Crippen LogP contribution in [0.1, 0.15) is 101 Å². The Balaban J connectivity index is 2.46. The fraction of sp³-hybridized carbons (Fsp3) is 0.625. The van der Waals surface area contributed by atoms with E-state index in [2.05, 4.69) is 32.9 Å². The summed E-state index contributed by atoms with van der Waals surface area (Å²) in [5.41, 5.74) is 1.84. The third-order valence-electron chi connectivity index (χ3n) is 4.58. The van der Waals surface area contributed by atoms with E-state index in [1.54, 1.807) is 0 Å². The molecule has 0 unspecified atom stereocenters. The quantitative estimate of drug-likeness (QED) is 0.244. The number of carbonyl (C=O) groups excluding carboxylic acids is 1. The van der Waals surface area contributed by atoms with E-state index in [1.807, 2.05) is 24.3 Å². The fourth-order valence-electron chi connectivity index (χ4n) is 2.87. The molecular weight excluding hydrogens is 334 g/mol. The Morgan fingerprint density at radius 2 is 1.56 bits per heavy atom. The maximum absolute atomic E-state index is 12.7. The molecule has 0 saturated carbocycles. The zero-order valence-electron chi connectivity index (χ0n) is 17.7. The summed E-state index contributed by atoms with van der Waals surface area (Å²) >= 11 is 0. The molecule has 152 valence electrons. The van der Waals surface area contributed by atoms with Crippen molar-refractivity contribution in [1.82, 2.24) is 5.06 Å². The molecule has 0 heterocycles. The minimum atomic E-state index is -0.0421. The van der Waals surface area contributed by atoms with Gasteiger partial charge in [0.2, 0.25) is 0 Å². The van der Waals surface area contributed by atoms with Gasteiger partial charge in [-0.05, 0) is 43.4 Å². The van der Waals surface area contributed by atoms with Crippen LogP contribution in [0.5, 0.6) is 0 Å². The zero-order valence-corrected chi connectivity index (χ0v) is 17.7. The van der Waals surface area contributed by atoms with E-state index >= 15 is 0 Å². The third kappa shape index (κ3) is 10.3. The van der Waals surface area contributed by atoms with Crippen molar-refractivity contribution in [2.24, 2.45) is 0 Å². The predicted molar refractivity (Wildman–Crippen MR) is 116 cm³/mol. The van der Waals surface area contributed by atoms with E-state index in [1.165, 1.54) is 43.6 Å². The molecule has 0 fully saturated rings. The third-order valence-corrected chi connectivity index (χ3v) is 4.58. The van der Waals surface area contributed by atoms with Gasteiger partial charge in [-0.25, -0.2) is 5.06 Å². The summed E-state index contributed by atoms with van der Waals surface area (Å²) in [5, 5.41) is 1.52. The molecule has 0 aliphatic heterocycles. The highest BCUT2D eigenvalue weighted by molar-refractivity contribution is 5.93. The molecule has 1 aromatic rings. The van der Waals surface area contributed by atoms with Crippen molar-refractivity contribution in [2.45, 2.75) is 85.0 Å². The summed E-state index contributed by atoms with van der Waals surface area (Å²) in [7, 11) is 0. The molecule has 0 aliphatic carbocycles. The van der Waals surface area contributed by atoms with E-state index in [0.29, 0.717) is 18.7 Å². The lowest BCUT2D eigenvalue weighted by molar-refractivity contribution is -0.123. The van der Waals surface area contributed by atoms with Crippen LogP contribution in [0, 0.1) is 0 Å². The topological polar surface area (TPSA) is 29.5 Å². The molecule has 0 radical (unpaired) electrons. The van der Waals surface area contributed by atoms with Crippen LogP contribution in [0.15, 0.2) is 30.3 Å². The number of hydrogen-bond donors (Lipinski definition) is 0. The molecule has 1 amide bonds. The van der Waals surface area contributed by atoms with Crippen LogP contribution in [0.2, 0.25) is 0 Å². The van der Waals surface area contributed by atoms with Crippen LogP contribution in [0.4, 0.5) is 0 Å². The summed E-state index contributed by atoms with van der Waals surface area (Å²) in [6.45, 7) is 7.65. The monoisotopic (exact) mass is 373 g/mol. The highest BCUT2D eigenvalue weighted by atomic mass is 16.7. The van der Waals surface area contributed by atoms with Gasteiger partial charge in [0, 0.05) is 12.1 Å². The van der Waals surface area contributed by atoms with Gasteiger partial charge in [0.05, 0.1) is 6.61 Å². The van der Waals surface area contributed by atoms with Gasteiger partial charge >= 0.3 is 0 Å². The lowest BCUT2D eigenvalue weighted by Gasteiger charge is -2.21. The van der Waals surface area contributed by atoms with Gasteiger partial charge < -0.3 is 0 Å². The molecule has 0 aliphatic rings. The largest absolute Gasteiger partial charge is 0.277 e. The number of benzene rings is 1. The number of unbranched alkanes of at least 4 members (excludes halogenated alkanes) is 7. The molecule has 0 saturated heterocycles. The molecule has 0 spiro atoms. The van der Waals surface area contributed by atoms with Gasteiger partial charge in [-0.3, -0.25) is 9.63 Å². The Hall–Kier alpha value is -1.61. The molecular formula is C24H39NO2. The Morgan fingerprint density at radius 1 is 0.889 bits per heavy atom. The number of rotatable bonds is 15. The normalized spacial score (nSPS) is 11.2. The standard InChI is InChI=1S/C24H39NO2/c1-4-7-9-10-11-12-13-14-15-22-16-18-23(19-17-22)24(26)25(20-8-5-2)27-21-6-3/h14-19H,4-13,20-21H2,1-3H3/b15-14+. The Kier molecular flexibility index (Phi) is 13.4. The summed E-state index contributed by atoms with van der Waals surface area (Å²) in [4.78, 5) is 18.3. The molecule has 0 N–H and O–H groups in total. The van der Waals surface area contributed by atoms with Gasteiger partial charge in [0.1, 0.15) is 0 Å². The minimum Gasteiger partial charge on any atom is -0.271 e. The number of amides is 1.